The van der Waals surface area contributed by atoms with Crippen molar-refractivity contribution in [1.29, 1.82) is 0 Å². The van der Waals surface area contributed by atoms with E-state index in [-0.39, 0.29) is 24.6 Å². The summed E-state index contributed by atoms with van der Waals surface area (Å²) in [4.78, 5) is 11.6. The third kappa shape index (κ3) is 3.04. The lowest BCUT2D eigenvalue weighted by Crippen LogP contribution is -2.38. The number of amides is 1. The average molecular weight is 228 g/mol. The van der Waals surface area contributed by atoms with Crippen molar-refractivity contribution in [3.05, 3.63) is 17.0 Å². The van der Waals surface area contributed by atoms with Crippen LogP contribution in [0.15, 0.2) is 4.52 Å². The van der Waals surface area contributed by atoms with Crippen molar-refractivity contribution < 1.29 is 19.5 Å². The van der Waals surface area contributed by atoms with Crippen LogP contribution in [0.5, 0.6) is 0 Å². The molecule has 0 unspecified atom stereocenters. The van der Waals surface area contributed by atoms with Crippen LogP contribution in [0, 0.1) is 6.92 Å². The predicted octanol–water partition coefficient (Wildman–Crippen LogP) is -0.0240. The maximum Gasteiger partial charge on any atom is 0.273 e. The highest BCUT2D eigenvalue weighted by atomic mass is 16.5. The zero-order valence-electron chi connectivity index (χ0n) is 9.57. The summed E-state index contributed by atoms with van der Waals surface area (Å²) in [5, 5.41) is 24.4. The molecule has 6 nitrogen and oxygen atoms in total. The minimum Gasteiger partial charge on any atom is -0.389 e. The number of nitrogens with zero attached hydrogens (tertiary/aromatic N) is 1. The van der Waals surface area contributed by atoms with E-state index < -0.39 is 11.5 Å². The number of hydrogen-bond donors (Lipinski definition) is 3. The van der Waals surface area contributed by atoms with Crippen molar-refractivity contribution in [3.63, 3.8) is 0 Å². The van der Waals surface area contributed by atoms with Crippen molar-refractivity contribution in [2.75, 3.05) is 6.54 Å². The highest BCUT2D eigenvalue weighted by Gasteiger charge is 2.20. The molecule has 0 aliphatic carbocycles. The molecule has 90 valence electrons. The van der Waals surface area contributed by atoms with Gasteiger partial charge in [0.05, 0.1) is 5.60 Å². The highest BCUT2D eigenvalue weighted by molar-refractivity contribution is 5.93. The summed E-state index contributed by atoms with van der Waals surface area (Å²) in [6.45, 7) is 4.63. The fourth-order valence-electron chi connectivity index (χ4n) is 1.11. The maximum atomic E-state index is 11.6. The Hall–Kier alpha value is -1.40. The van der Waals surface area contributed by atoms with Gasteiger partial charge >= 0.3 is 0 Å². The second-order valence-corrected chi connectivity index (χ2v) is 4.23. The van der Waals surface area contributed by atoms with Crippen molar-refractivity contribution in [3.8, 4) is 0 Å². The number of aromatic nitrogens is 1. The molecule has 0 radical (unpaired) electrons. The fourth-order valence-corrected chi connectivity index (χ4v) is 1.11. The van der Waals surface area contributed by atoms with Crippen molar-refractivity contribution >= 4 is 5.91 Å². The van der Waals surface area contributed by atoms with Gasteiger partial charge in [-0.2, -0.15) is 0 Å². The summed E-state index contributed by atoms with van der Waals surface area (Å²) < 4.78 is 4.77. The molecule has 1 aromatic heterocycles. The Balaban J connectivity index is 2.70. The van der Waals surface area contributed by atoms with Crippen LogP contribution < -0.4 is 5.32 Å². The molecular weight excluding hydrogens is 212 g/mol. The van der Waals surface area contributed by atoms with Gasteiger partial charge in [0.15, 0.2) is 11.5 Å². The van der Waals surface area contributed by atoms with Crippen LogP contribution in [0.4, 0.5) is 0 Å². The van der Waals surface area contributed by atoms with E-state index >= 15 is 0 Å². The largest absolute Gasteiger partial charge is 0.389 e. The molecule has 1 rings (SSSR count). The van der Waals surface area contributed by atoms with Crippen LogP contribution in [-0.4, -0.2) is 33.4 Å². The molecule has 1 heterocycles. The molecule has 6 heteroatoms. The van der Waals surface area contributed by atoms with Gasteiger partial charge in [0, 0.05) is 12.1 Å². The van der Waals surface area contributed by atoms with E-state index in [2.05, 4.69) is 10.5 Å². The van der Waals surface area contributed by atoms with E-state index in [1.807, 2.05) is 0 Å². The van der Waals surface area contributed by atoms with Crippen molar-refractivity contribution in [2.24, 2.45) is 0 Å². The molecule has 0 saturated carbocycles. The molecule has 0 aromatic carbocycles. The molecular formula is C10H16N2O4. The summed E-state index contributed by atoms with van der Waals surface area (Å²) in [5.41, 5.74) is -0.336. The number of hydrogen-bond acceptors (Lipinski definition) is 5. The predicted molar refractivity (Wildman–Crippen MR) is 55.8 cm³/mol. The number of aliphatic hydroxyl groups is 2. The van der Waals surface area contributed by atoms with Crippen LogP contribution >= 0.6 is 0 Å². The molecule has 0 saturated heterocycles. The van der Waals surface area contributed by atoms with Gasteiger partial charge in [-0.1, -0.05) is 5.16 Å². The summed E-state index contributed by atoms with van der Waals surface area (Å²) >= 11 is 0. The second-order valence-electron chi connectivity index (χ2n) is 4.23. The smallest absolute Gasteiger partial charge is 0.273 e. The minimum absolute atomic E-state index is 0.118. The lowest BCUT2D eigenvalue weighted by molar-refractivity contribution is 0.0689. The third-order valence-corrected chi connectivity index (χ3v) is 2.06. The Bertz CT molecular complexity index is 379. The van der Waals surface area contributed by atoms with Crippen LogP contribution in [0.1, 0.15) is 35.7 Å². The van der Waals surface area contributed by atoms with E-state index in [1.54, 1.807) is 20.8 Å². The minimum atomic E-state index is -0.979. The van der Waals surface area contributed by atoms with Gasteiger partial charge in [-0.3, -0.25) is 4.79 Å². The zero-order chi connectivity index (χ0) is 12.3. The molecule has 0 bridgehead atoms. The Morgan fingerprint density at radius 3 is 2.62 bits per heavy atom. The molecule has 0 aliphatic rings. The first kappa shape index (κ1) is 12.7. The van der Waals surface area contributed by atoms with Crippen LogP contribution in [0.3, 0.4) is 0 Å². The molecule has 16 heavy (non-hydrogen) atoms. The lowest BCUT2D eigenvalue weighted by atomic mass is 10.1. The second kappa shape index (κ2) is 4.63. The highest BCUT2D eigenvalue weighted by Crippen LogP contribution is 2.12. The molecule has 1 amide bonds. The zero-order valence-corrected chi connectivity index (χ0v) is 9.57. The van der Waals surface area contributed by atoms with E-state index in [0.717, 1.165) is 0 Å². The lowest BCUT2D eigenvalue weighted by Gasteiger charge is -2.16. The van der Waals surface area contributed by atoms with E-state index in [1.165, 1.54) is 0 Å². The first-order valence-corrected chi connectivity index (χ1v) is 4.91. The molecule has 1 aromatic rings. The standard InChI is InChI=1S/C10H16N2O4/c1-6-7(4-13)16-12-8(6)9(14)11-5-10(2,3)15/h13,15H,4-5H2,1-3H3,(H,11,14). The summed E-state index contributed by atoms with van der Waals surface area (Å²) in [6.07, 6.45) is 0. The Kier molecular flexibility index (Phi) is 3.66. The molecule has 0 spiro atoms. The van der Waals surface area contributed by atoms with Gasteiger partial charge in [-0.05, 0) is 20.8 Å². The van der Waals surface area contributed by atoms with Gasteiger partial charge in [0.2, 0.25) is 0 Å². The first-order valence-electron chi connectivity index (χ1n) is 4.91. The topological polar surface area (TPSA) is 95.6 Å². The van der Waals surface area contributed by atoms with E-state index in [0.29, 0.717) is 5.56 Å². The molecule has 0 aliphatic heterocycles. The number of nitrogens with one attached hydrogen (secondary N) is 1. The molecule has 0 fully saturated rings. The van der Waals surface area contributed by atoms with Crippen molar-refractivity contribution in [2.45, 2.75) is 33.0 Å². The van der Waals surface area contributed by atoms with E-state index in [9.17, 15) is 9.90 Å². The SMILES string of the molecule is Cc1c(C(=O)NCC(C)(C)O)noc1CO. The van der Waals surface area contributed by atoms with Crippen LogP contribution in [0.2, 0.25) is 0 Å². The fraction of sp³-hybridized carbons (Fsp3) is 0.600. The first-order chi connectivity index (χ1) is 7.35. The monoisotopic (exact) mass is 228 g/mol. The number of carbonyl (C=O) groups excluding carboxylic acids is 1. The maximum absolute atomic E-state index is 11.6. The Morgan fingerprint density at radius 1 is 1.56 bits per heavy atom. The van der Waals surface area contributed by atoms with Crippen molar-refractivity contribution in [1.82, 2.24) is 10.5 Å². The summed E-state index contributed by atoms with van der Waals surface area (Å²) in [5.74, 6) is -0.156. The van der Waals surface area contributed by atoms with Gasteiger partial charge < -0.3 is 20.1 Å². The Morgan fingerprint density at radius 2 is 2.19 bits per heavy atom. The van der Waals surface area contributed by atoms with Gasteiger partial charge in [0.1, 0.15) is 6.61 Å². The van der Waals surface area contributed by atoms with Crippen LogP contribution in [0.25, 0.3) is 0 Å². The number of carbonyl (C=O) groups is 1. The third-order valence-electron chi connectivity index (χ3n) is 2.06. The molecule has 3 N–H and O–H groups in total. The average Bonchev–Trinajstić information content (AvgIpc) is 2.55. The quantitative estimate of drug-likeness (QED) is 0.673. The van der Waals surface area contributed by atoms with E-state index in [4.69, 9.17) is 9.63 Å². The molecule has 0 atom stereocenters. The number of aliphatic hydroxyl groups excluding tert-OH is 1. The van der Waals surface area contributed by atoms with Gasteiger partial charge in [-0.25, -0.2) is 0 Å². The van der Waals surface area contributed by atoms with Gasteiger partial charge in [-0.15, -0.1) is 0 Å². The number of rotatable bonds is 4. The van der Waals surface area contributed by atoms with Gasteiger partial charge in [0.25, 0.3) is 5.91 Å². The Labute approximate surface area is 93.3 Å². The normalized spacial score (nSPS) is 11.6. The van der Waals surface area contributed by atoms with Crippen LogP contribution in [-0.2, 0) is 6.61 Å². The summed E-state index contributed by atoms with van der Waals surface area (Å²) in [7, 11) is 0. The summed E-state index contributed by atoms with van der Waals surface area (Å²) in [6, 6.07) is 0.